The van der Waals surface area contributed by atoms with Crippen LogP contribution in [0, 0.1) is 0 Å². The van der Waals surface area contributed by atoms with Gasteiger partial charge in [-0.2, -0.15) is 0 Å². The molecule has 2 rings (SSSR count). The number of hydrogen-bond acceptors (Lipinski definition) is 7. The number of thioether (sulfide) groups is 1. The summed E-state index contributed by atoms with van der Waals surface area (Å²) < 4.78 is 16.0. The number of nitrogens with zero attached hydrogens (tertiary/aromatic N) is 1. The van der Waals surface area contributed by atoms with E-state index in [2.05, 4.69) is 0 Å². The first-order valence-electron chi connectivity index (χ1n) is 8.08. The number of carbonyl (C=O) groups excluding carboxylic acids is 2. The van der Waals surface area contributed by atoms with Crippen molar-refractivity contribution in [3.63, 3.8) is 0 Å². The first kappa shape index (κ1) is 20.3. The van der Waals surface area contributed by atoms with Gasteiger partial charge in [0.2, 0.25) is 0 Å². The number of rotatable bonds is 7. The molecule has 140 valence electrons. The van der Waals surface area contributed by atoms with E-state index in [4.69, 9.17) is 26.4 Å². The molecule has 26 heavy (non-hydrogen) atoms. The minimum Gasteiger partial charge on any atom is -0.493 e. The van der Waals surface area contributed by atoms with E-state index in [1.54, 1.807) is 32.2 Å². The lowest BCUT2D eigenvalue weighted by molar-refractivity contribution is -0.147. The summed E-state index contributed by atoms with van der Waals surface area (Å²) in [5.41, 5.74) is 0.775. The fraction of sp³-hybridized carbons (Fsp3) is 0.389. The van der Waals surface area contributed by atoms with Crippen molar-refractivity contribution in [2.45, 2.75) is 26.3 Å². The molecule has 1 aromatic carbocycles. The predicted molar refractivity (Wildman–Crippen MR) is 105 cm³/mol. The Morgan fingerprint density at radius 1 is 1.35 bits per heavy atom. The van der Waals surface area contributed by atoms with Gasteiger partial charge in [0.05, 0.1) is 25.7 Å². The first-order valence-corrected chi connectivity index (χ1v) is 9.31. The molecular weight excluding hydrogens is 374 g/mol. The fourth-order valence-electron chi connectivity index (χ4n) is 2.35. The molecule has 1 fully saturated rings. The Labute approximate surface area is 162 Å². The van der Waals surface area contributed by atoms with E-state index in [0.717, 1.165) is 23.7 Å². The zero-order chi connectivity index (χ0) is 19.3. The average Bonchev–Trinajstić information content (AvgIpc) is 2.92. The van der Waals surface area contributed by atoms with E-state index < -0.39 is 12.0 Å². The summed E-state index contributed by atoms with van der Waals surface area (Å²) in [6.45, 7) is 4.21. The molecule has 8 heteroatoms. The number of hydrogen-bond donors (Lipinski definition) is 0. The number of methoxy groups -OCH3 is 2. The molecule has 0 radical (unpaired) electrons. The molecule has 1 heterocycles. The van der Waals surface area contributed by atoms with Gasteiger partial charge in [-0.05, 0) is 37.1 Å². The molecule has 0 saturated carbocycles. The van der Waals surface area contributed by atoms with Crippen molar-refractivity contribution in [1.82, 2.24) is 4.90 Å². The van der Waals surface area contributed by atoms with E-state index in [1.807, 2.05) is 13.0 Å². The number of benzene rings is 1. The van der Waals surface area contributed by atoms with Gasteiger partial charge < -0.3 is 14.2 Å². The van der Waals surface area contributed by atoms with Crippen molar-refractivity contribution >= 4 is 46.3 Å². The van der Waals surface area contributed by atoms with Gasteiger partial charge in [-0.15, -0.1) is 0 Å². The molecule has 0 aliphatic carbocycles. The van der Waals surface area contributed by atoms with Gasteiger partial charge in [0, 0.05) is 0 Å². The van der Waals surface area contributed by atoms with Crippen LogP contribution in [-0.4, -0.2) is 48.0 Å². The summed E-state index contributed by atoms with van der Waals surface area (Å²) in [5, 5.41) is 0. The Morgan fingerprint density at radius 3 is 2.69 bits per heavy atom. The second-order valence-corrected chi connectivity index (χ2v) is 7.19. The van der Waals surface area contributed by atoms with Crippen LogP contribution in [0.4, 0.5) is 0 Å². The lowest BCUT2D eigenvalue weighted by Gasteiger charge is -2.20. The maximum Gasteiger partial charge on any atom is 0.328 e. The average molecular weight is 396 g/mol. The second kappa shape index (κ2) is 9.05. The summed E-state index contributed by atoms with van der Waals surface area (Å²) in [5.74, 6) is 0.411. The molecule has 1 aromatic rings. The van der Waals surface area contributed by atoms with Gasteiger partial charge in [0.25, 0.3) is 5.91 Å². The lowest BCUT2D eigenvalue weighted by atomic mass is 10.1. The van der Waals surface area contributed by atoms with Crippen LogP contribution >= 0.6 is 24.0 Å². The van der Waals surface area contributed by atoms with Crippen molar-refractivity contribution in [2.24, 2.45) is 0 Å². The maximum absolute atomic E-state index is 12.6. The maximum atomic E-state index is 12.6. The molecule has 6 nitrogen and oxygen atoms in total. The van der Waals surface area contributed by atoms with Gasteiger partial charge in [-0.1, -0.05) is 37.0 Å². The Balaban J connectivity index is 2.26. The van der Waals surface area contributed by atoms with Crippen LogP contribution in [0.25, 0.3) is 6.08 Å². The van der Waals surface area contributed by atoms with Crippen molar-refractivity contribution < 1.29 is 23.8 Å². The number of ether oxygens (including phenoxy) is 3. The molecule has 1 aliphatic heterocycles. The van der Waals surface area contributed by atoms with Crippen molar-refractivity contribution in [3.8, 4) is 11.5 Å². The molecule has 0 N–H and O–H groups in total. The van der Waals surface area contributed by atoms with Crippen LogP contribution in [0.3, 0.4) is 0 Å². The van der Waals surface area contributed by atoms with Crippen molar-refractivity contribution in [2.75, 3.05) is 20.8 Å². The largest absolute Gasteiger partial charge is 0.493 e. The van der Waals surface area contributed by atoms with Gasteiger partial charge in [-0.3, -0.25) is 9.69 Å². The molecule has 1 saturated heterocycles. The third kappa shape index (κ3) is 4.37. The molecular formula is C18H21NO5S2. The van der Waals surface area contributed by atoms with E-state index in [0.29, 0.717) is 27.3 Å². The van der Waals surface area contributed by atoms with Crippen molar-refractivity contribution in [3.05, 3.63) is 28.7 Å². The van der Waals surface area contributed by atoms with Gasteiger partial charge >= 0.3 is 5.97 Å². The van der Waals surface area contributed by atoms with Crippen LogP contribution in [0.5, 0.6) is 11.5 Å². The highest BCUT2D eigenvalue weighted by Gasteiger charge is 2.38. The minimum atomic E-state index is -0.766. The summed E-state index contributed by atoms with van der Waals surface area (Å²) >= 11 is 6.40. The standard InChI is InChI=1S/C18H21NO5S2/c1-5-8-24-13-7-6-12(9-14(13)22-3)10-15-16(20)19(18(25)26-15)11(2)17(21)23-4/h6-7,9-11H,5,8H2,1-4H3/b15-10+/t11-/m0/s1. The normalized spacial score (nSPS) is 16.8. The van der Waals surface area contributed by atoms with Gasteiger partial charge in [0.15, 0.2) is 11.5 Å². The smallest absolute Gasteiger partial charge is 0.328 e. The molecule has 1 atom stereocenters. The van der Waals surface area contributed by atoms with E-state index in [9.17, 15) is 9.59 Å². The molecule has 0 aromatic heterocycles. The topological polar surface area (TPSA) is 65.1 Å². The highest BCUT2D eigenvalue weighted by atomic mass is 32.2. The third-order valence-electron chi connectivity index (χ3n) is 3.70. The summed E-state index contributed by atoms with van der Waals surface area (Å²) in [6, 6.07) is 4.67. The number of thiocarbonyl (C=S) groups is 1. The minimum absolute atomic E-state index is 0.317. The number of carbonyl (C=O) groups is 2. The summed E-state index contributed by atoms with van der Waals surface area (Å²) in [7, 11) is 2.84. The lowest BCUT2D eigenvalue weighted by Crippen LogP contribution is -2.42. The number of esters is 1. The van der Waals surface area contributed by atoms with Crippen molar-refractivity contribution in [1.29, 1.82) is 0 Å². The monoisotopic (exact) mass is 395 g/mol. The Kier molecular flexibility index (Phi) is 7.05. The zero-order valence-corrected chi connectivity index (χ0v) is 16.7. The summed E-state index contributed by atoms with van der Waals surface area (Å²) in [4.78, 5) is 26.1. The third-order valence-corrected chi connectivity index (χ3v) is 5.03. The van der Waals surface area contributed by atoms with Crippen LogP contribution in [0.15, 0.2) is 23.1 Å². The highest BCUT2D eigenvalue weighted by molar-refractivity contribution is 8.26. The van der Waals surface area contributed by atoms with E-state index >= 15 is 0 Å². The molecule has 0 unspecified atom stereocenters. The van der Waals surface area contributed by atoms with E-state index in [-0.39, 0.29) is 5.91 Å². The van der Waals surface area contributed by atoms with Gasteiger partial charge in [-0.25, -0.2) is 4.79 Å². The van der Waals surface area contributed by atoms with Crippen LogP contribution in [0.2, 0.25) is 0 Å². The van der Waals surface area contributed by atoms with Crippen LogP contribution in [-0.2, 0) is 14.3 Å². The Bertz CT molecular complexity index is 747. The predicted octanol–water partition coefficient (Wildman–Crippen LogP) is 3.25. The van der Waals surface area contributed by atoms with Crippen LogP contribution < -0.4 is 9.47 Å². The Morgan fingerprint density at radius 2 is 2.08 bits per heavy atom. The number of amides is 1. The van der Waals surface area contributed by atoms with Crippen LogP contribution in [0.1, 0.15) is 25.8 Å². The SMILES string of the molecule is CCCOc1ccc(/C=C2/SC(=S)N([C@@H](C)C(=O)OC)C2=O)cc1OC. The summed E-state index contributed by atoms with van der Waals surface area (Å²) in [6.07, 6.45) is 2.61. The quantitative estimate of drug-likeness (QED) is 0.399. The highest BCUT2D eigenvalue weighted by Crippen LogP contribution is 2.35. The molecule has 0 spiro atoms. The zero-order valence-electron chi connectivity index (χ0n) is 15.1. The molecule has 1 aliphatic rings. The second-order valence-electron chi connectivity index (χ2n) is 5.51. The van der Waals surface area contributed by atoms with Gasteiger partial charge in [0.1, 0.15) is 10.4 Å². The first-order chi connectivity index (χ1) is 12.4. The van der Waals surface area contributed by atoms with E-state index in [1.165, 1.54) is 12.0 Å². The fourth-order valence-corrected chi connectivity index (χ4v) is 3.76. The Hall–Kier alpha value is -2.06. The molecule has 0 bridgehead atoms. The molecule has 1 amide bonds.